The lowest BCUT2D eigenvalue weighted by molar-refractivity contribution is 0.480. The van der Waals surface area contributed by atoms with Gasteiger partial charge in [-0.2, -0.15) is 5.10 Å². The molecule has 1 unspecified atom stereocenters. The highest BCUT2D eigenvalue weighted by atomic mass is 15.3. The lowest BCUT2D eigenvalue weighted by Gasteiger charge is -2.13. The predicted octanol–water partition coefficient (Wildman–Crippen LogP) is 1.60. The first kappa shape index (κ1) is 10.3. The van der Waals surface area contributed by atoms with Crippen LogP contribution >= 0.6 is 0 Å². The normalized spacial score (nSPS) is 13.6. The molecule has 0 radical (unpaired) electrons. The lowest BCUT2D eigenvalue weighted by Crippen LogP contribution is -2.16. The predicted molar refractivity (Wildman–Crippen MR) is 54.5 cm³/mol. The molecule has 0 bridgehead atoms. The Labute approximate surface area is 79.9 Å². The van der Waals surface area contributed by atoms with Gasteiger partial charge in [-0.1, -0.05) is 6.92 Å². The number of rotatable bonds is 4. The van der Waals surface area contributed by atoms with Gasteiger partial charge < -0.3 is 5.73 Å². The number of hydrogen-bond donors (Lipinski definition) is 1. The topological polar surface area (TPSA) is 43.8 Å². The van der Waals surface area contributed by atoms with E-state index in [0.29, 0.717) is 12.0 Å². The first-order valence-corrected chi connectivity index (χ1v) is 4.87. The minimum atomic E-state index is 0.440. The highest BCUT2D eigenvalue weighted by molar-refractivity contribution is 5.02. The second-order valence-corrected chi connectivity index (χ2v) is 3.91. The largest absolute Gasteiger partial charge is 0.330 e. The Hall–Kier alpha value is -0.830. The van der Waals surface area contributed by atoms with Crippen LogP contribution in [0.25, 0.3) is 0 Å². The number of nitrogens with two attached hydrogens (primary N) is 1. The van der Waals surface area contributed by atoms with Crippen molar-refractivity contribution in [2.75, 3.05) is 6.54 Å². The van der Waals surface area contributed by atoms with Crippen LogP contribution < -0.4 is 5.73 Å². The zero-order valence-electron chi connectivity index (χ0n) is 8.70. The minimum Gasteiger partial charge on any atom is -0.330 e. The van der Waals surface area contributed by atoms with Crippen molar-refractivity contribution < 1.29 is 0 Å². The molecule has 0 saturated heterocycles. The first-order chi connectivity index (χ1) is 6.15. The van der Waals surface area contributed by atoms with Crippen LogP contribution in [-0.2, 0) is 6.42 Å². The van der Waals surface area contributed by atoms with Crippen LogP contribution in [0.1, 0.15) is 32.5 Å². The van der Waals surface area contributed by atoms with Crippen LogP contribution in [0.5, 0.6) is 0 Å². The zero-order chi connectivity index (χ0) is 9.84. The standard InChI is InChI=1S/C10H19N3/c1-8(2)13-10(4-5-12-13)6-9(3)7-11/h4-5,8-9H,6-7,11H2,1-3H3. The molecular weight excluding hydrogens is 162 g/mol. The molecular formula is C10H19N3. The van der Waals surface area contributed by atoms with Crippen LogP contribution in [-0.4, -0.2) is 16.3 Å². The van der Waals surface area contributed by atoms with Gasteiger partial charge >= 0.3 is 0 Å². The van der Waals surface area contributed by atoms with Crippen LogP contribution in [0.2, 0.25) is 0 Å². The lowest BCUT2D eigenvalue weighted by atomic mass is 10.1. The third-order valence-electron chi connectivity index (χ3n) is 2.20. The average Bonchev–Trinajstić information content (AvgIpc) is 2.52. The monoisotopic (exact) mass is 181 g/mol. The Morgan fingerprint density at radius 3 is 2.69 bits per heavy atom. The van der Waals surface area contributed by atoms with E-state index in [1.165, 1.54) is 5.69 Å². The molecule has 0 aromatic carbocycles. The molecule has 0 amide bonds. The Morgan fingerprint density at radius 2 is 2.15 bits per heavy atom. The molecule has 1 rings (SSSR count). The molecule has 0 aliphatic heterocycles. The maximum absolute atomic E-state index is 5.59. The van der Waals surface area contributed by atoms with Gasteiger partial charge in [-0.05, 0) is 38.8 Å². The smallest absolute Gasteiger partial charge is 0.0492 e. The molecule has 2 N–H and O–H groups in total. The quantitative estimate of drug-likeness (QED) is 0.766. The molecule has 0 spiro atoms. The second kappa shape index (κ2) is 4.42. The van der Waals surface area contributed by atoms with E-state index in [1.54, 1.807) is 0 Å². The number of hydrogen-bond acceptors (Lipinski definition) is 2. The Morgan fingerprint density at radius 1 is 1.46 bits per heavy atom. The van der Waals surface area contributed by atoms with Crippen molar-refractivity contribution >= 4 is 0 Å². The molecule has 1 aromatic rings. The van der Waals surface area contributed by atoms with E-state index >= 15 is 0 Å². The number of aromatic nitrogens is 2. The molecule has 3 heteroatoms. The van der Waals surface area contributed by atoms with E-state index in [0.717, 1.165) is 13.0 Å². The van der Waals surface area contributed by atoms with Crippen LogP contribution in [0.3, 0.4) is 0 Å². The molecule has 0 fully saturated rings. The van der Waals surface area contributed by atoms with Crippen molar-refractivity contribution in [3.8, 4) is 0 Å². The van der Waals surface area contributed by atoms with Gasteiger partial charge in [0.15, 0.2) is 0 Å². The van der Waals surface area contributed by atoms with Crippen molar-refractivity contribution in [1.29, 1.82) is 0 Å². The van der Waals surface area contributed by atoms with E-state index in [-0.39, 0.29) is 0 Å². The van der Waals surface area contributed by atoms with Crippen molar-refractivity contribution in [1.82, 2.24) is 9.78 Å². The maximum atomic E-state index is 5.59. The van der Waals surface area contributed by atoms with Crippen molar-refractivity contribution in [2.24, 2.45) is 11.7 Å². The van der Waals surface area contributed by atoms with E-state index in [2.05, 4.69) is 36.6 Å². The fraction of sp³-hybridized carbons (Fsp3) is 0.700. The third-order valence-corrected chi connectivity index (χ3v) is 2.20. The van der Waals surface area contributed by atoms with Crippen molar-refractivity contribution in [3.63, 3.8) is 0 Å². The van der Waals surface area contributed by atoms with E-state index in [1.807, 2.05) is 6.20 Å². The molecule has 3 nitrogen and oxygen atoms in total. The third kappa shape index (κ3) is 2.56. The molecule has 0 aliphatic rings. The van der Waals surface area contributed by atoms with Gasteiger partial charge in [0.2, 0.25) is 0 Å². The van der Waals surface area contributed by atoms with E-state index in [9.17, 15) is 0 Å². The van der Waals surface area contributed by atoms with Crippen molar-refractivity contribution in [3.05, 3.63) is 18.0 Å². The van der Waals surface area contributed by atoms with Crippen LogP contribution in [0, 0.1) is 5.92 Å². The highest BCUT2D eigenvalue weighted by Gasteiger charge is 2.08. The van der Waals surface area contributed by atoms with Gasteiger partial charge in [0.25, 0.3) is 0 Å². The minimum absolute atomic E-state index is 0.440. The van der Waals surface area contributed by atoms with Gasteiger partial charge in [-0.3, -0.25) is 4.68 Å². The summed E-state index contributed by atoms with van der Waals surface area (Å²) in [5.41, 5.74) is 6.87. The molecule has 1 atom stereocenters. The van der Waals surface area contributed by atoms with Gasteiger partial charge in [0.1, 0.15) is 0 Å². The summed E-state index contributed by atoms with van der Waals surface area (Å²) in [7, 11) is 0. The van der Waals surface area contributed by atoms with Crippen LogP contribution in [0.15, 0.2) is 12.3 Å². The molecule has 13 heavy (non-hydrogen) atoms. The highest BCUT2D eigenvalue weighted by Crippen LogP contribution is 2.11. The van der Waals surface area contributed by atoms with Gasteiger partial charge in [0, 0.05) is 17.9 Å². The summed E-state index contributed by atoms with van der Waals surface area (Å²) in [4.78, 5) is 0. The molecule has 1 aromatic heterocycles. The zero-order valence-corrected chi connectivity index (χ0v) is 8.70. The SMILES string of the molecule is CC(CN)Cc1ccnn1C(C)C. The summed E-state index contributed by atoms with van der Waals surface area (Å²) in [5.74, 6) is 0.536. The second-order valence-electron chi connectivity index (χ2n) is 3.91. The van der Waals surface area contributed by atoms with E-state index in [4.69, 9.17) is 5.73 Å². The molecule has 1 heterocycles. The average molecular weight is 181 g/mol. The van der Waals surface area contributed by atoms with Gasteiger partial charge in [-0.15, -0.1) is 0 Å². The Balaban J connectivity index is 2.70. The first-order valence-electron chi connectivity index (χ1n) is 4.87. The summed E-state index contributed by atoms with van der Waals surface area (Å²) >= 11 is 0. The molecule has 74 valence electrons. The number of nitrogens with zero attached hydrogens (tertiary/aromatic N) is 2. The fourth-order valence-corrected chi connectivity index (χ4v) is 1.41. The Bertz CT molecular complexity index is 252. The summed E-state index contributed by atoms with van der Waals surface area (Å²) < 4.78 is 2.06. The molecule has 0 saturated carbocycles. The van der Waals surface area contributed by atoms with Crippen LogP contribution in [0.4, 0.5) is 0 Å². The maximum Gasteiger partial charge on any atom is 0.0492 e. The van der Waals surface area contributed by atoms with E-state index < -0.39 is 0 Å². The summed E-state index contributed by atoms with van der Waals surface area (Å²) in [6.45, 7) is 7.19. The van der Waals surface area contributed by atoms with Gasteiger partial charge in [-0.25, -0.2) is 0 Å². The summed E-state index contributed by atoms with van der Waals surface area (Å²) in [5, 5.41) is 4.28. The Kier molecular flexibility index (Phi) is 3.48. The van der Waals surface area contributed by atoms with Gasteiger partial charge in [0.05, 0.1) is 0 Å². The fourth-order valence-electron chi connectivity index (χ4n) is 1.41. The summed E-state index contributed by atoms with van der Waals surface area (Å²) in [6, 6.07) is 2.52. The summed E-state index contributed by atoms with van der Waals surface area (Å²) in [6.07, 6.45) is 2.88. The van der Waals surface area contributed by atoms with Crippen molar-refractivity contribution in [2.45, 2.75) is 33.2 Å². The molecule has 0 aliphatic carbocycles.